The molecule has 0 aliphatic rings. The van der Waals surface area contributed by atoms with E-state index >= 15 is 0 Å². The average Bonchev–Trinajstić information content (AvgIpc) is 2.20. The van der Waals surface area contributed by atoms with Crippen molar-refractivity contribution in [3.8, 4) is 6.07 Å². The van der Waals surface area contributed by atoms with Gasteiger partial charge in [0, 0.05) is 9.86 Å². The second-order valence-corrected chi connectivity index (χ2v) is 4.52. The van der Waals surface area contributed by atoms with E-state index in [1.807, 2.05) is 18.2 Å². The van der Waals surface area contributed by atoms with Crippen molar-refractivity contribution in [2.45, 2.75) is 0 Å². The summed E-state index contributed by atoms with van der Waals surface area (Å²) in [5.74, 6) is 0. The minimum atomic E-state index is 0.136. The van der Waals surface area contributed by atoms with Crippen LogP contribution >= 0.6 is 39.1 Å². The highest BCUT2D eigenvalue weighted by Crippen LogP contribution is 2.31. The molecule has 0 bridgehead atoms. The van der Waals surface area contributed by atoms with E-state index < -0.39 is 0 Å². The number of nitrogens with zero attached hydrogens (tertiary/aromatic N) is 2. The Labute approximate surface area is 105 Å². The first-order valence-electron chi connectivity index (χ1n) is 3.98. The first kappa shape index (κ1) is 10.7. The second kappa shape index (κ2) is 3.97. The van der Waals surface area contributed by atoms with E-state index in [0.29, 0.717) is 15.9 Å². The molecule has 2 nitrogen and oxygen atoms in total. The van der Waals surface area contributed by atoms with Crippen LogP contribution in [0.25, 0.3) is 10.9 Å². The van der Waals surface area contributed by atoms with Crippen LogP contribution in [0.15, 0.2) is 22.7 Å². The number of halogens is 3. The van der Waals surface area contributed by atoms with Crippen LogP contribution in [0, 0.1) is 11.3 Å². The molecule has 5 heteroatoms. The fourth-order valence-corrected chi connectivity index (χ4v) is 2.18. The van der Waals surface area contributed by atoms with E-state index in [1.54, 1.807) is 6.07 Å². The minimum Gasteiger partial charge on any atom is -0.235 e. The third-order valence-electron chi connectivity index (χ3n) is 1.95. The maximum Gasteiger partial charge on any atom is 0.149 e. The molecule has 0 N–H and O–H groups in total. The molecule has 0 radical (unpaired) electrons. The normalized spacial score (nSPS) is 10.3. The maximum atomic E-state index is 8.86. The minimum absolute atomic E-state index is 0.136. The van der Waals surface area contributed by atoms with Crippen LogP contribution in [0.4, 0.5) is 0 Å². The van der Waals surface area contributed by atoms with Crippen LogP contribution in [-0.2, 0) is 0 Å². The summed E-state index contributed by atoms with van der Waals surface area (Å²) in [6, 6.07) is 7.37. The summed E-state index contributed by atoms with van der Waals surface area (Å²) in [7, 11) is 0. The van der Waals surface area contributed by atoms with Gasteiger partial charge < -0.3 is 0 Å². The van der Waals surface area contributed by atoms with Crippen molar-refractivity contribution in [3.05, 3.63) is 38.4 Å². The van der Waals surface area contributed by atoms with Crippen LogP contribution in [0.2, 0.25) is 10.2 Å². The lowest BCUT2D eigenvalue weighted by atomic mass is 10.2. The van der Waals surface area contributed by atoms with Crippen LogP contribution in [0.5, 0.6) is 0 Å². The lowest BCUT2D eigenvalue weighted by Crippen LogP contribution is -1.88. The highest BCUT2D eigenvalue weighted by atomic mass is 79.9. The Morgan fingerprint density at radius 2 is 2.07 bits per heavy atom. The number of aromatic nitrogens is 1. The smallest absolute Gasteiger partial charge is 0.149 e. The number of pyridine rings is 1. The Kier molecular flexibility index (Phi) is 2.83. The molecule has 2 rings (SSSR count). The van der Waals surface area contributed by atoms with Crippen molar-refractivity contribution in [2.24, 2.45) is 0 Å². The van der Waals surface area contributed by atoms with Crippen LogP contribution < -0.4 is 0 Å². The molecule has 0 aliphatic carbocycles. The molecule has 74 valence electrons. The molecule has 1 heterocycles. The van der Waals surface area contributed by atoms with Crippen LogP contribution in [-0.4, -0.2) is 4.98 Å². The second-order valence-electron chi connectivity index (χ2n) is 2.86. The van der Waals surface area contributed by atoms with Gasteiger partial charge in [-0.2, -0.15) is 5.26 Å². The monoisotopic (exact) mass is 300 g/mol. The highest BCUT2D eigenvalue weighted by molar-refractivity contribution is 9.10. The first-order chi connectivity index (χ1) is 7.13. The van der Waals surface area contributed by atoms with Gasteiger partial charge >= 0.3 is 0 Å². The summed E-state index contributed by atoms with van der Waals surface area (Å²) in [5.41, 5.74) is 0.885. The predicted octanol–water partition coefficient (Wildman–Crippen LogP) is 4.18. The van der Waals surface area contributed by atoms with Crippen LogP contribution in [0.3, 0.4) is 0 Å². The number of hydrogen-bond donors (Lipinski definition) is 0. The zero-order valence-electron chi connectivity index (χ0n) is 7.26. The molecule has 15 heavy (non-hydrogen) atoms. The zero-order valence-corrected chi connectivity index (χ0v) is 10.4. The molecule has 0 saturated carbocycles. The number of fused-ring (bicyclic) bond motifs is 1. The molecule has 0 amide bonds. The molecule has 0 spiro atoms. The Morgan fingerprint density at radius 3 is 2.73 bits per heavy atom. The molecule has 1 aromatic carbocycles. The van der Waals surface area contributed by atoms with Crippen molar-refractivity contribution in [3.63, 3.8) is 0 Å². The molecule has 0 fully saturated rings. The van der Waals surface area contributed by atoms with Crippen molar-refractivity contribution < 1.29 is 0 Å². The van der Waals surface area contributed by atoms with E-state index in [0.717, 1.165) is 4.47 Å². The van der Waals surface area contributed by atoms with Gasteiger partial charge in [-0.3, -0.25) is 0 Å². The van der Waals surface area contributed by atoms with E-state index in [2.05, 4.69) is 20.9 Å². The van der Waals surface area contributed by atoms with Gasteiger partial charge in [-0.1, -0.05) is 39.1 Å². The van der Waals surface area contributed by atoms with E-state index in [9.17, 15) is 0 Å². The fourth-order valence-electron chi connectivity index (χ4n) is 1.26. The van der Waals surface area contributed by atoms with Gasteiger partial charge in [-0.05, 0) is 18.2 Å². The van der Waals surface area contributed by atoms with Gasteiger partial charge in [0.1, 0.15) is 16.8 Å². The van der Waals surface area contributed by atoms with Gasteiger partial charge in [-0.25, -0.2) is 4.98 Å². The first-order valence-corrected chi connectivity index (χ1v) is 5.52. The summed E-state index contributed by atoms with van der Waals surface area (Å²) in [4.78, 5) is 4.09. The van der Waals surface area contributed by atoms with Crippen molar-refractivity contribution in [2.75, 3.05) is 0 Å². The molecular weight excluding hydrogens is 299 g/mol. The molecule has 1 aromatic heterocycles. The van der Waals surface area contributed by atoms with Gasteiger partial charge in [0.25, 0.3) is 0 Å². The topological polar surface area (TPSA) is 36.7 Å². The molecule has 0 atom stereocenters. The zero-order chi connectivity index (χ0) is 11.0. The summed E-state index contributed by atoms with van der Waals surface area (Å²) >= 11 is 15.2. The fraction of sp³-hybridized carbons (Fsp3) is 0. The Bertz CT molecular complexity index is 590. The van der Waals surface area contributed by atoms with E-state index in [-0.39, 0.29) is 10.7 Å². The molecule has 0 unspecified atom stereocenters. The van der Waals surface area contributed by atoms with Crippen LogP contribution in [0.1, 0.15) is 5.56 Å². The van der Waals surface area contributed by atoms with Gasteiger partial charge in [0.15, 0.2) is 0 Å². The molecular formula is C10H3BrCl2N2. The summed E-state index contributed by atoms with van der Waals surface area (Å²) in [5, 5.41) is 10.1. The van der Waals surface area contributed by atoms with Crippen molar-refractivity contribution in [1.29, 1.82) is 5.26 Å². The summed E-state index contributed by atoms with van der Waals surface area (Å²) in [6.07, 6.45) is 0. The average molecular weight is 302 g/mol. The summed E-state index contributed by atoms with van der Waals surface area (Å²) < 4.78 is 0.880. The third kappa shape index (κ3) is 1.81. The van der Waals surface area contributed by atoms with Gasteiger partial charge in [0.05, 0.1) is 10.5 Å². The van der Waals surface area contributed by atoms with Gasteiger partial charge in [0.2, 0.25) is 0 Å². The van der Waals surface area contributed by atoms with Crippen molar-refractivity contribution in [1.82, 2.24) is 4.98 Å². The van der Waals surface area contributed by atoms with E-state index in [1.165, 1.54) is 0 Å². The Balaban J connectivity index is 2.94. The Hall–Kier alpha value is -0.820. The lowest BCUT2D eigenvalue weighted by molar-refractivity contribution is 1.37. The maximum absolute atomic E-state index is 8.86. The molecule has 2 aromatic rings. The summed E-state index contributed by atoms with van der Waals surface area (Å²) in [6.45, 7) is 0. The largest absolute Gasteiger partial charge is 0.235 e. The molecule has 0 saturated heterocycles. The number of benzene rings is 1. The lowest BCUT2D eigenvalue weighted by Gasteiger charge is -2.03. The third-order valence-corrected chi connectivity index (χ3v) is 3.11. The SMILES string of the molecule is N#Cc1c(Cl)nc2ccc(Br)cc2c1Cl. The Morgan fingerprint density at radius 1 is 1.33 bits per heavy atom. The number of nitriles is 1. The quantitative estimate of drug-likeness (QED) is 0.685. The molecule has 0 aliphatic heterocycles. The number of rotatable bonds is 0. The highest BCUT2D eigenvalue weighted by Gasteiger charge is 2.11. The van der Waals surface area contributed by atoms with Gasteiger partial charge in [-0.15, -0.1) is 0 Å². The predicted molar refractivity (Wildman–Crippen MR) is 64.2 cm³/mol. The van der Waals surface area contributed by atoms with E-state index in [4.69, 9.17) is 28.5 Å². The van der Waals surface area contributed by atoms with Crippen molar-refractivity contribution >= 4 is 50.0 Å². The number of hydrogen-bond acceptors (Lipinski definition) is 2. The standard InChI is InChI=1S/C10H3BrCl2N2/c11-5-1-2-8-6(3-5)9(12)7(4-14)10(13)15-8/h1-3H.